The number of nitrogens with one attached hydrogen (secondary N) is 1. The zero-order valence-corrected chi connectivity index (χ0v) is 9.41. The van der Waals surface area contributed by atoms with Crippen LogP contribution in [0.4, 0.5) is 4.39 Å². The third-order valence-corrected chi connectivity index (χ3v) is 3.41. The van der Waals surface area contributed by atoms with E-state index in [1.165, 1.54) is 6.26 Å². The van der Waals surface area contributed by atoms with Gasteiger partial charge in [-0.15, -0.1) is 0 Å². The summed E-state index contributed by atoms with van der Waals surface area (Å²) in [6.45, 7) is -1.10. The SMILES string of the molecule is O=S(=O)(CCCF)NC(CO)c1ccco1. The van der Waals surface area contributed by atoms with Gasteiger partial charge in [-0.25, -0.2) is 13.1 Å². The van der Waals surface area contributed by atoms with E-state index < -0.39 is 29.3 Å². The van der Waals surface area contributed by atoms with E-state index in [2.05, 4.69) is 4.72 Å². The Kier molecular flexibility index (Phi) is 4.91. The van der Waals surface area contributed by atoms with Crippen molar-refractivity contribution in [2.75, 3.05) is 19.0 Å². The molecule has 0 aromatic carbocycles. The largest absolute Gasteiger partial charge is 0.468 e. The van der Waals surface area contributed by atoms with Crippen molar-refractivity contribution in [2.24, 2.45) is 0 Å². The summed E-state index contributed by atoms with van der Waals surface area (Å²) < 4.78 is 41.9. The smallest absolute Gasteiger partial charge is 0.212 e. The summed E-state index contributed by atoms with van der Waals surface area (Å²) in [5, 5.41) is 9.03. The maximum absolute atomic E-state index is 11.9. The number of hydrogen-bond acceptors (Lipinski definition) is 4. The Labute approximate surface area is 93.3 Å². The van der Waals surface area contributed by atoms with Crippen molar-refractivity contribution >= 4 is 10.0 Å². The summed E-state index contributed by atoms with van der Waals surface area (Å²) in [5.74, 6) is 0.0204. The molecule has 0 spiro atoms. The molecule has 1 unspecified atom stereocenters. The molecule has 0 fully saturated rings. The first-order valence-corrected chi connectivity index (χ1v) is 6.44. The van der Waals surface area contributed by atoms with Crippen molar-refractivity contribution in [1.82, 2.24) is 4.72 Å². The van der Waals surface area contributed by atoms with E-state index in [4.69, 9.17) is 9.52 Å². The van der Waals surface area contributed by atoms with Gasteiger partial charge in [-0.3, -0.25) is 4.39 Å². The maximum atomic E-state index is 11.9. The van der Waals surface area contributed by atoms with Crippen LogP contribution >= 0.6 is 0 Å². The van der Waals surface area contributed by atoms with Gasteiger partial charge in [0, 0.05) is 0 Å². The molecule has 2 N–H and O–H groups in total. The van der Waals surface area contributed by atoms with Gasteiger partial charge in [0.15, 0.2) is 0 Å². The lowest BCUT2D eigenvalue weighted by Crippen LogP contribution is -2.32. The molecule has 5 nitrogen and oxygen atoms in total. The summed E-state index contributed by atoms with van der Waals surface area (Å²) in [7, 11) is -3.59. The quantitative estimate of drug-likeness (QED) is 0.743. The van der Waals surface area contributed by atoms with Crippen LogP contribution in [-0.2, 0) is 10.0 Å². The number of sulfonamides is 1. The van der Waals surface area contributed by atoms with Crippen LogP contribution < -0.4 is 4.72 Å². The minimum Gasteiger partial charge on any atom is -0.468 e. The number of hydrogen-bond donors (Lipinski definition) is 2. The van der Waals surface area contributed by atoms with Gasteiger partial charge in [0.1, 0.15) is 11.8 Å². The third-order valence-electron chi connectivity index (χ3n) is 1.94. The molecule has 1 rings (SSSR count). The second-order valence-electron chi connectivity index (χ2n) is 3.23. The van der Waals surface area contributed by atoms with Crippen LogP contribution in [0.15, 0.2) is 22.8 Å². The summed E-state index contributed by atoms with van der Waals surface area (Å²) >= 11 is 0. The van der Waals surface area contributed by atoms with Gasteiger partial charge in [-0.1, -0.05) is 0 Å². The Morgan fingerprint density at radius 3 is 2.81 bits per heavy atom. The lowest BCUT2D eigenvalue weighted by atomic mass is 10.2. The van der Waals surface area contributed by atoms with Crippen molar-refractivity contribution in [3.63, 3.8) is 0 Å². The average molecular weight is 251 g/mol. The van der Waals surface area contributed by atoms with Crippen LogP contribution in [-0.4, -0.2) is 32.6 Å². The Bertz CT molecular complexity index is 390. The number of rotatable bonds is 7. The first-order chi connectivity index (χ1) is 7.59. The number of aliphatic hydroxyl groups excluding tert-OH is 1. The minimum absolute atomic E-state index is 0.0639. The highest BCUT2D eigenvalue weighted by Gasteiger charge is 2.20. The topological polar surface area (TPSA) is 79.5 Å². The molecular weight excluding hydrogens is 237 g/mol. The number of aliphatic hydroxyl groups is 1. The molecule has 1 heterocycles. The van der Waals surface area contributed by atoms with Crippen LogP contribution in [0.3, 0.4) is 0 Å². The van der Waals surface area contributed by atoms with Crippen LogP contribution in [0.5, 0.6) is 0 Å². The van der Waals surface area contributed by atoms with Gasteiger partial charge in [0.2, 0.25) is 10.0 Å². The van der Waals surface area contributed by atoms with E-state index in [1.807, 2.05) is 0 Å². The molecule has 7 heteroatoms. The number of alkyl halides is 1. The molecule has 1 aromatic rings. The molecule has 1 aromatic heterocycles. The monoisotopic (exact) mass is 251 g/mol. The van der Waals surface area contributed by atoms with E-state index in [9.17, 15) is 12.8 Å². The van der Waals surface area contributed by atoms with Gasteiger partial charge < -0.3 is 9.52 Å². The van der Waals surface area contributed by atoms with Gasteiger partial charge in [0.05, 0.1) is 25.3 Å². The molecule has 0 radical (unpaired) electrons. The van der Waals surface area contributed by atoms with E-state index in [1.54, 1.807) is 12.1 Å². The fourth-order valence-corrected chi connectivity index (χ4v) is 2.43. The van der Waals surface area contributed by atoms with Gasteiger partial charge >= 0.3 is 0 Å². The number of halogens is 1. The van der Waals surface area contributed by atoms with Gasteiger partial charge in [0.25, 0.3) is 0 Å². The molecule has 0 amide bonds. The van der Waals surface area contributed by atoms with Crippen molar-refractivity contribution in [1.29, 1.82) is 0 Å². The Morgan fingerprint density at radius 2 is 2.31 bits per heavy atom. The highest BCUT2D eigenvalue weighted by Crippen LogP contribution is 2.13. The zero-order chi connectivity index (χ0) is 12.0. The van der Waals surface area contributed by atoms with Crippen molar-refractivity contribution < 1.29 is 22.3 Å². The normalized spacial score (nSPS) is 13.9. The third kappa shape index (κ3) is 3.92. The summed E-state index contributed by atoms with van der Waals surface area (Å²) in [6.07, 6.45) is 1.32. The molecule has 92 valence electrons. The molecule has 0 bridgehead atoms. The van der Waals surface area contributed by atoms with Crippen molar-refractivity contribution in [2.45, 2.75) is 12.5 Å². The molecule has 0 saturated carbocycles. The number of furan rings is 1. The van der Waals surface area contributed by atoms with Crippen LogP contribution in [0, 0.1) is 0 Å². The first-order valence-electron chi connectivity index (χ1n) is 4.79. The van der Waals surface area contributed by atoms with Crippen LogP contribution in [0.25, 0.3) is 0 Å². The highest BCUT2D eigenvalue weighted by atomic mass is 32.2. The fourth-order valence-electron chi connectivity index (χ4n) is 1.20. The molecule has 0 saturated heterocycles. The highest BCUT2D eigenvalue weighted by molar-refractivity contribution is 7.89. The summed E-state index contributed by atoms with van der Waals surface area (Å²) in [5.41, 5.74) is 0. The zero-order valence-electron chi connectivity index (χ0n) is 8.60. The molecular formula is C9H14FNO4S. The Morgan fingerprint density at radius 1 is 1.56 bits per heavy atom. The second-order valence-corrected chi connectivity index (χ2v) is 5.10. The van der Waals surface area contributed by atoms with E-state index >= 15 is 0 Å². The van der Waals surface area contributed by atoms with Gasteiger partial charge in [-0.2, -0.15) is 0 Å². The van der Waals surface area contributed by atoms with Gasteiger partial charge in [-0.05, 0) is 18.6 Å². The average Bonchev–Trinajstić information content (AvgIpc) is 2.76. The maximum Gasteiger partial charge on any atom is 0.212 e. The molecule has 16 heavy (non-hydrogen) atoms. The standard InChI is InChI=1S/C9H14FNO4S/c10-4-2-6-16(13,14)11-8(7-12)9-3-1-5-15-9/h1,3,5,8,11-12H,2,4,6-7H2. The molecule has 0 aliphatic heterocycles. The molecule has 1 atom stereocenters. The van der Waals surface area contributed by atoms with Crippen LogP contribution in [0.1, 0.15) is 18.2 Å². The van der Waals surface area contributed by atoms with Crippen LogP contribution in [0.2, 0.25) is 0 Å². The minimum atomic E-state index is -3.59. The van der Waals surface area contributed by atoms with E-state index in [-0.39, 0.29) is 12.2 Å². The fraction of sp³-hybridized carbons (Fsp3) is 0.556. The Balaban J connectivity index is 2.63. The molecule has 0 aliphatic carbocycles. The van der Waals surface area contributed by atoms with E-state index in [0.29, 0.717) is 5.76 Å². The summed E-state index contributed by atoms with van der Waals surface area (Å²) in [4.78, 5) is 0. The predicted molar refractivity (Wildman–Crippen MR) is 56.0 cm³/mol. The second kappa shape index (κ2) is 5.97. The first kappa shape index (κ1) is 13.1. The lowest BCUT2D eigenvalue weighted by Gasteiger charge is -2.13. The van der Waals surface area contributed by atoms with Crippen molar-refractivity contribution in [3.05, 3.63) is 24.2 Å². The predicted octanol–water partition coefficient (Wildman–Crippen LogP) is 0.592. The lowest BCUT2D eigenvalue weighted by molar-refractivity contribution is 0.241. The van der Waals surface area contributed by atoms with Crippen molar-refractivity contribution in [3.8, 4) is 0 Å². The van der Waals surface area contributed by atoms with E-state index in [0.717, 1.165) is 0 Å². The summed E-state index contributed by atoms with van der Waals surface area (Å²) in [6, 6.07) is 2.33. The Hall–Kier alpha value is -0.920. The molecule has 0 aliphatic rings.